The van der Waals surface area contributed by atoms with Crippen molar-refractivity contribution in [3.63, 3.8) is 0 Å². The van der Waals surface area contributed by atoms with E-state index in [1.54, 1.807) is 6.08 Å². The van der Waals surface area contributed by atoms with Crippen molar-refractivity contribution in [2.24, 2.45) is 0 Å². The van der Waals surface area contributed by atoms with E-state index >= 15 is 0 Å². The number of hydrogen-bond acceptors (Lipinski definition) is 3. The van der Waals surface area contributed by atoms with Crippen molar-refractivity contribution < 1.29 is 15.0 Å². The van der Waals surface area contributed by atoms with Crippen molar-refractivity contribution in [1.82, 2.24) is 5.32 Å². The Kier molecular flexibility index (Phi) is 40.4. The summed E-state index contributed by atoms with van der Waals surface area (Å²) in [6, 6.07) is -0.617. The highest BCUT2D eigenvalue weighted by Crippen LogP contribution is 2.15. The minimum Gasteiger partial charge on any atom is -0.394 e. The van der Waals surface area contributed by atoms with Crippen LogP contribution in [-0.2, 0) is 4.79 Å². The topological polar surface area (TPSA) is 69.6 Å². The van der Waals surface area contributed by atoms with Crippen molar-refractivity contribution >= 4 is 5.91 Å². The molecular formula is C46H85NO3. The van der Waals surface area contributed by atoms with E-state index in [4.69, 9.17) is 0 Å². The monoisotopic (exact) mass is 700 g/mol. The molecule has 0 aromatic rings. The molecule has 0 fully saturated rings. The molecule has 3 N–H and O–H groups in total. The summed E-state index contributed by atoms with van der Waals surface area (Å²) in [5.41, 5.74) is 0. The van der Waals surface area contributed by atoms with Crippen LogP contribution in [0.2, 0.25) is 0 Å². The molecule has 0 heterocycles. The van der Waals surface area contributed by atoms with Gasteiger partial charge in [0, 0.05) is 6.42 Å². The van der Waals surface area contributed by atoms with Gasteiger partial charge in [-0.3, -0.25) is 4.79 Å². The molecule has 0 aliphatic rings. The predicted molar refractivity (Wildman–Crippen MR) is 221 cm³/mol. The van der Waals surface area contributed by atoms with Crippen LogP contribution in [0.3, 0.4) is 0 Å². The molecule has 0 rings (SSSR count). The van der Waals surface area contributed by atoms with Gasteiger partial charge in [0.15, 0.2) is 0 Å². The Bertz CT molecular complexity index is 801. The summed E-state index contributed by atoms with van der Waals surface area (Å²) in [7, 11) is 0. The van der Waals surface area contributed by atoms with Gasteiger partial charge in [-0.25, -0.2) is 0 Å². The van der Waals surface area contributed by atoms with Gasteiger partial charge < -0.3 is 15.5 Å². The van der Waals surface area contributed by atoms with E-state index in [0.717, 1.165) is 38.5 Å². The highest BCUT2D eigenvalue weighted by molar-refractivity contribution is 5.76. The zero-order chi connectivity index (χ0) is 36.4. The number of aliphatic hydroxyl groups is 2. The third-order valence-electron chi connectivity index (χ3n) is 9.81. The Labute approximate surface area is 312 Å². The lowest BCUT2D eigenvalue weighted by atomic mass is 10.0. The third-order valence-corrected chi connectivity index (χ3v) is 9.81. The van der Waals surface area contributed by atoms with Crippen molar-refractivity contribution in [3.05, 3.63) is 48.6 Å². The summed E-state index contributed by atoms with van der Waals surface area (Å²) in [6.45, 7) is 4.19. The van der Waals surface area contributed by atoms with Gasteiger partial charge in [-0.05, 0) is 57.8 Å². The quantitative estimate of drug-likeness (QED) is 0.0442. The molecule has 1 amide bonds. The fourth-order valence-electron chi connectivity index (χ4n) is 6.42. The van der Waals surface area contributed by atoms with Gasteiger partial charge in [-0.15, -0.1) is 0 Å². The van der Waals surface area contributed by atoms with Gasteiger partial charge in [-0.2, -0.15) is 0 Å². The lowest BCUT2D eigenvalue weighted by Gasteiger charge is -2.20. The number of carbonyl (C=O) groups excluding carboxylic acids is 1. The second-order valence-corrected chi connectivity index (χ2v) is 14.8. The Morgan fingerprint density at radius 2 is 0.820 bits per heavy atom. The van der Waals surface area contributed by atoms with Gasteiger partial charge >= 0.3 is 0 Å². The Hall–Kier alpha value is -1.65. The van der Waals surface area contributed by atoms with Crippen LogP contribution < -0.4 is 5.32 Å². The SMILES string of the molecule is CCCCC/C=C/C(O)C(CO)NC(=O)CCCCCCCCCCCCCCCCCCCC/C=C\C/C=C\C/C=C\CCCCCCC. The van der Waals surface area contributed by atoms with Crippen LogP contribution in [0, 0.1) is 0 Å². The molecule has 0 aliphatic heterocycles. The molecule has 0 aromatic carbocycles. The maximum atomic E-state index is 12.2. The number of allylic oxidation sites excluding steroid dienone is 7. The molecule has 0 aliphatic carbocycles. The highest BCUT2D eigenvalue weighted by Gasteiger charge is 2.17. The van der Waals surface area contributed by atoms with Gasteiger partial charge in [0.1, 0.15) is 0 Å². The number of nitrogens with one attached hydrogen (secondary N) is 1. The summed E-state index contributed by atoms with van der Waals surface area (Å²) in [4.78, 5) is 12.2. The van der Waals surface area contributed by atoms with Gasteiger partial charge in [-0.1, -0.05) is 204 Å². The normalized spacial score (nSPS) is 13.4. The Balaban J connectivity index is 3.38. The van der Waals surface area contributed by atoms with E-state index in [2.05, 4.69) is 55.6 Å². The second-order valence-electron chi connectivity index (χ2n) is 14.8. The zero-order valence-electron chi connectivity index (χ0n) is 33.4. The standard InChI is InChI=1S/C46H85NO3/c1-3-5-7-9-10-11-12-13-14-15-16-17-18-19-20-21-22-23-24-25-26-27-28-29-30-31-32-33-34-35-36-38-40-42-46(50)47-44(43-48)45(49)41-39-37-8-6-4-2/h12-13,15-16,18-19,39,41,44-45,48-49H,3-11,14,17,20-38,40,42-43H2,1-2H3,(H,47,50)/b13-12-,16-15-,19-18-,41-39+. The maximum Gasteiger partial charge on any atom is 0.220 e. The van der Waals surface area contributed by atoms with Crippen molar-refractivity contribution in [2.45, 2.75) is 231 Å². The van der Waals surface area contributed by atoms with Crippen molar-refractivity contribution in [3.8, 4) is 0 Å². The first-order valence-corrected chi connectivity index (χ1v) is 21.9. The first-order chi connectivity index (χ1) is 24.7. The fraction of sp³-hybridized carbons (Fsp3) is 0.804. The van der Waals surface area contributed by atoms with Gasteiger partial charge in [0.2, 0.25) is 5.91 Å². The fourth-order valence-corrected chi connectivity index (χ4v) is 6.42. The molecule has 50 heavy (non-hydrogen) atoms. The first kappa shape index (κ1) is 48.3. The third kappa shape index (κ3) is 37.6. The molecule has 0 spiro atoms. The predicted octanol–water partition coefficient (Wildman–Crippen LogP) is 13.6. The van der Waals surface area contributed by atoms with E-state index in [9.17, 15) is 15.0 Å². The number of hydrogen-bond donors (Lipinski definition) is 3. The summed E-state index contributed by atoms with van der Waals surface area (Å²) >= 11 is 0. The van der Waals surface area contributed by atoms with Crippen LogP contribution in [0.15, 0.2) is 48.6 Å². The molecule has 0 saturated carbocycles. The van der Waals surface area contributed by atoms with Crippen LogP contribution in [-0.4, -0.2) is 34.9 Å². The molecule has 0 saturated heterocycles. The second kappa shape index (κ2) is 41.8. The zero-order valence-corrected chi connectivity index (χ0v) is 33.4. The highest BCUT2D eigenvalue weighted by atomic mass is 16.3. The van der Waals surface area contributed by atoms with E-state index in [1.165, 1.54) is 161 Å². The van der Waals surface area contributed by atoms with Gasteiger partial charge in [0.25, 0.3) is 0 Å². The molecule has 0 radical (unpaired) electrons. The largest absolute Gasteiger partial charge is 0.394 e. The summed E-state index contributed by atoms with van der Waals surface area (Å²) in [5, 5.41) is 22.6. The molecule has 2 unspecified atom stereocenters. The number of rotatable bonds is 39. The molecule has 4 heteroatoms. The van der Waals surface area contributed by atoms with Gasteiger partial charge in [0.05, 0.1) is 18.8 Å². The summed E-state index contributed by atoms with van der Waals surface area (Å²) in [6.07, 6.45) is 57.0. The smallest absolute Gasteiger partial charge is 0.220 e. The molecule has 4 nitrogen and oxygen atoms in total. The summed E-state index contributed by atoms with van der Waals surface area (Å²) < 4.78 is 0. The Morgan fingerprint density at radius 1 is 0.480 bits per heavy atom. The van der Waals surface area contributed by atoms with E-state index in [0.29, 0.717) is 6.42 Å². The van der Waals surface area contributed by atoms with Crippen LogP contribution in [0.25, 0.3) is 0 Å². The first-order valence-electron chi connectivity index (χ1n) is 21.9. The van der Waals surface area contributed by atoms with Crippen LogP contribution in [0.5, 0.6) is 0 Å². The molecule has 0 bridgehead atoms. The average molecular weight is 700 g/mol. The van der Waals surface area contributed by atoms with Crippen LogP contribution in [0.4, 0.5) is 0 Å². The van der Waals surface area contributed by atoms with Crippen molar-refractivity contribution in [2.75, 3.05) is 6.61 Å². The summed E-state index contributed by atoms with van der Waals surface area (Å²) in [5.74, 6) is -0.0712. The van der Waals surface area contributed by atoms with E-state index in [-0.39, 0.29) is 12.5 Å². The molecule has 0 aromatic heterocycles. The number of unbranched alkanes of at least 4 members (excludes halogenated alkanes) is 26. The number of amides is 1. The average Bonchev–Trinajstić information content (AvgIpc) is 3.12. The van der Waals surface area contributed by atoms with Crippen molar-refractivity contribution in [1.29, 1.82) is 0 Å². The van der Waals surface area contributed by atoms with Crippen LogP contribution in [0.1, 0.15) is 219 Å². The lowest BCUT2D eigenvalue weighted by Crippen LogP contribution is -2.45. The van der Waals surface area contributed by atoms with E-state index < -0.39 is 12.1 Å². The van der Waals surface area contributed by atoms with Crippen LogP contribution >= 0.6 is 0 Å². The minimum absolute atomic E-state index is 0.0712. The van der Waals surface area contributed by atoms with E-state index in [1.807, 2.05) is 6.08 Å². The maximum absolute atomic E-state index is 12.2. The Morgan fingerprint density at radius 3 is 1.26 bits per heavy atom. The number of aliphatic hydroxyl groups excluding tert-OH is 2. The molecule has 2 atom stereocenters. The number of carbonyl (C=O) groups is 1. The molecule has 292 valence electrons. The molecular weight excluding hydrogens is 615 g/mol. The lowest BCUT2D eigenvalue weighted by molar-refractivity contribution is -0.123. The minimum atomic E-state index is -0.834.